The fraction of sp³-hybridized carbons (Fsp3) is 0.727. The second-order valence-corrected chi connectivity index (χ2v) is 3.76. The van der Waals surface area contributed by atoms with Crippen molar-refractivity contribution in [1.82, 2.24) is 10.6 Å². The summed E-state index contributed by atoms with van der Waals surface area (Å²) in [5.74, 6) is -0.417. The highest BCUT2D eigenvalue weighted by atomic mass is 16.2. The Kier molecular flexibility index (Phi) is 6.16. The van der Waals surface area contributed by atoms with Gasteiger partial charge in [-0.15, -0.1) is 0 Å². The second kappa shape index (κ2) is 6.83. The van der Waals surface area contributed by atoms with Crippen molar-refractivity contribution in [1.29, 1.82) is 5.26 Å². The Balaban J connectivity index is 4.00. The van der Waals surface area contributed by atoms with Crippen molar-refractivity contribution in [2.45, 2.75) is 33.6 Å². The van der Waals surface area contributed by atoms with Gasteiger partial charge in [0.05, 0.1) is 6.07 Å². The van der Waals surface area contributed by atoms with Crippen LogP contribution in [0.1, 0.15) is 33.6 Å². The van der Waals surface area contributed by atoms with Crippen LogP contribution in [-0.4, -0.2) is 24.9 Å². The molecule has 90 valence electrons. The molecule has 0 saturated heterocycles. The first-order valence-electron chi connectivity index (χ1n) is 5.46. The molecular formula is C11H19N3O2. The maximum Gasteiger partial charge on any atom is 0.240 e. The van der Waals surface area contributed by atoms with Crippen LogP contribution in [0.2, 0.25) is 0 Å². The Hall–Kier alpha value is -1.57. The third-order valence-corrected chi connectivity index (χ3v) is 2.47. The number of rotatable bonds is 6. The first-order chi connectivity index (χ1) is 7.50. The topological polar surface area (TPSA) is 82.0 Å². The summed E-state index contributed by atoms with van der Waals surface area (Å²) in [6.07, 6.45) is 0.696. The van der Waals surface area contributed by atoms with Crippen molar-refractivity contribution >= 4 is 11.8 Å². The van der Waals surface area contributed by atoms with Gasteiger partial charge in [-0.1, -0.05) is 6.92 Å². The molecule has 5 nitrogen and oxygen atoms in total. The molecule has 1 unspecified atom stereocenters. The molecule has 0 fully saturated rings. The molecule has 0 rings (SSSR count). The van der Waals surface area contributed by atoms with E-state index >= 15 is 0 Å². The van der Waals surface area contributed by atoms with Crippen LogP contribution in [0.5, 0.6) is 0 Å². The van der Waals surface area contributed by atoms with E-state index in [0.29, 0.717) is 13.0 Å². The Morgan fingerprint density at radius 1 is 1.31 bits per heavy atom. The van der Waals surface area contributed by atoms with Crippen molar-refractivity contribution in [3.8, 4) is 6.07 Å². The maximum absolute atomic E-state index is 11.6. The van der Waals surface area contributed by atoms with E-state index in [1.54, 1.807) is 13.8 Å². The largest absolute Gasteiger partial charge is 0.356 e. The quantitative estimate of drug-likeness (QED) is 0.693. The Morgan fingerprint density at radius 2 is 1.94 bits per heavy atom. The van der Waals surface area contributed by atoms with Crippen LogP contribution in [0.25, 0.3) is 0 Å². The monoisotopic (exact) mass is 225 g/mol. The maximum atomic E-state index is 11.6. The summed E-state index contributed by atoms with van der Waals surface area (Å²) in [5.41, 5.74) is -0.999. The van der Waals surface area contributed by atoms with Gasteiger partial charge < -0.3 is 10.6 Å². The molecule has 0 aliphatic carbocycles. The van der Waals surface area contributed by atoms with E-state index in [2.05, 4.69) is 10.6 Å². The lowest BCUT2D eigenvalue weighted by Crippen LogP contribution is -2.39. The minimum absolute atomic E-state index is 0.0991. The van der Waals surface area contributed by atoms with E-state index in [0.717, 1.165) is 0 Å². The Labute approximate surface area is 96.2 Å². The van der Waals surface area contributed by atoms with Crippen LogP contribution in [0, 0.1) is 16.7 Å². The van der Waals surface area contributed by atoms with Gasteiger partial charge in [-0.05, 0) is 20.3 Å². The molecule has 0 saturated carbocycles. The third-order valence-electron chi connectivity index (χ3n) is 2.47. The standard InChI is InChI=1S/C11H19N3O2/c1-4-11(3,8-12)10(16)14-7-6-9(15)13-5-2/h4-7H2,1-3H3,(H,13,15)(H,14,16). The molecule has 0 radical (unpaired) electrons. The highest BCUT2D eigenvalue weighted by Gasteiger charge is 2.30. The second-order valence-electron chi connectivity index (χ2n) is 3.76. The van der Waals surface area contributed by atoms with Crippen LogP contribution >= 0.6 is 0 Å². The average Bonchev–Trinajstić information content (AvgIpc) is 2.28. The molecule has 2 amide bonds. The van der Waals surface area contributed by atoms with E-state index in [-0.39, 0.29) is 24.8 Å². The van der Waals surface area contributed by atoms with Crippen LogP contribution in [-0.2, 0) is 9.59 Å². The molecule has 16 heavy (non-hydrogen) atoms. The van der Waals surface area contributed by atoms with Gasteiger partial charge in [-0.25, -0.2) is 0 Å². The number of nitrogens with one attached hydrogen (secondary N) is 2. The lowest BCUT2D eigenvalue weighted by molar-refractivity contribution is -0.127. The van der Waals surface area contributed by atoms with E-state index in [1.165, 1.54) is 0 Å². The molecule has 0 aromatic carbocycles. The van der Waals surface area contributed by atoms with Gasteiger partial charge >= 0.3 is 0 Å². The number of hydrogen-bond donors (Lipinski definition) is 2. The first-order valence-corrected chi connectivity index (χ1v) is 5.46. The molecule has 0 aliphatic heterocycles. The third kappa shape index (κ3) is 4.30. The number of nitriles is 1. The van der Waals surface area contributed by atoms with Gasteiger partial charge in [-0.3, -0.25) is 9.59 Å². The molecule has 5 heteroatoms. The predicted molar refractivity (Wildman–Crippen MR) is 60.3 cm³/mol. The molecule has 2 N–H and O–H groups in total. The number of carbonyl (C=O) groups is 2. The minimum atomic E-state index is -0.999. The number of amides is 2. The van der Waals surface area contributed by atoms with Gasteiger partial charge in [-0.2, -0.15) is 5.26 Å². The molecule has 0 aromatic heterocycles. The number of nitrogens with zero attached hydrogens (tertiary/aromatic N) is 1. The lowest BCUT2D eigenvalue weighted by Gasteiger charge is -2.18. The molecule has 0 heterocycles. The van der Waals surface area contributed by atoms with Gasteiger partial charge in [0.1, 0.15) is 5.41 Å². The molecule has 0 aromatic rings. The molecule has 1 atom stereocenters. The smallest absolute Gasteiger partial charge is 0.240 e. The van der Waals surface area contributed by atoms with Gasteiger partial charge in [0.25, 0.3) is 0 Å². The van der Waals surface area contributed by atoms with E-state index in [4.69, 9.17) is 5.26 Å². The lowest BCUT2D eigenvalue weighted by atomic mass is 9.88. The molecule has 0 spiro atoms. The van der Waals surface area contributed by atoms with Gasteiger partial charge in [0, 0.05) is 19.5 Å². The van der Waals surface area contributed by atoms with Crippen LogP contribution in [0.4, 0.5) is 0 Å². The number of hydrogen-bond acceptors (Lipinski definition) is 3. The average molecular weight is 225 g/mol. The number of carbonyl (C=O) groups excluding carboxylic acids is 2. The zero-order valence-electron chi connectivity index (χ0n) is 10.1. The van der Waals surface area contributed by atoms with E-state index in [1.807, 2.05) is 13.0 Å². The molecule has 0 aliphatic rings. The molecule has 0 bridgehead atoms. The summed E-state index contributed by atoms with van der Waals surface area (Å²) in [7, 11) is 0. The Morgan fingerprint density at radius 3 is 2.38 bits per heavy atom. The zero-order chi connectivity index (χ0) is 12.6. The predicted octanol–water partition coefficient (Wildman–Crippen LogP) is 0.569. The minimum Gasteiger partial charge on any atom is -0.356 e. The van der Waals surface area contributed by atoms with Crippen LogP contribution in [0.3, 0.4) is 0 Å². The first kappa shape index (κ1) is 14.4. The zero-order valence-corrected chi connectivity index (χ0v) is 10.1. The summed E-state index contributed by atoms with van der Waals surface area (Å²) in [4.78, 5) is 22.7. The van der Waals surface area contributed by atoms with Crippen molar-refractivity contribution in [3.05, 3.63) is 0 Å². The van der Waals surface area contributed by atoms with Crippen molar-refractivity contribution in [2.75, 3.05) is 13.1 Å². The highest BCUT2D eigenvalue weighted by molar-refractivity contribution is 5.85. The Bertz CT molecular complexity index is 296. The summed E-state index contributed by atoms with van der Waals surface area (Å²) < 4.78 is 0. The van der Waals surface area contributed by atoms with Crippen molar-refractivity contribution in [2.24, 2.45) is 5.41 Å². The SMILES string of the molecule is CCNC(=O)CCNC(=O)C(C)(C#N)CC. The highest BCUT2D eigenvalue weighted by Crippen LogP contribution is 2.19. The summed E-state index contributed by atoms with van der Waals surface area (Å²) in [6, 6.07) is 1.98. The van der Waals surface area contributed by atoms with E-state index in [9.17, 15) is 9.59 Å². The molecular weight excluding hydrogens is 206 g/mol. The summed E-state index contributed by atoms with van der Waals surface area (Å²) in [5, 5.41) is 14.1. The van der Waals surface area contributed by atoms with Crippen LogP contribution in [0.15, 0.2) is 0 Å². The summed E-state index contributed by atoms with van der Waals surface area (Å²) >= 11 is 0. The fourth-order valence-corrected chi connectivity index (χ4v) is 1.06. The fourth-order valence-electron chi connectivity index (χ4n) is 1.06. The summed E-state index contributed by atoms with van der Waals surface area (Å²) in [6.45, 7) is 6.06. The van der Waals surface area contributed by atoms with Crippen molar-refractivity contribution < 1.29 is 9.59 Å². The van der Waals surface area contributed by atoms with E-state index < -0.39 is 5.41 Å². The van der Waals surface area contributed by atoms with Gasteiger partial charge in [0.2, 0.25) is 11.8 Å². The van der Waals surface area contributed by atoms with Gasteiger partial charge in [0.15, 0.2) is 0 Å². The van der Waals surface area contributed by atoms with Crippen molar-refractivity contribution in [3.63, 3.8) is 0 Å². The van der Waals surface area contributed by atoms with Crippen LogP contribution < -0.4 is 10.6 Å². The normalized spacial score (nSPS) is 13.4.